The maximum atomic E-state index is 2.29. The SMILES string of the molecule is CC1C=Cc2c1ccc1c2ccc2ccccc21. The minimum absolute atomic E-state index is 0.552. The summed E-state index contributed by atoms with van der Waals surface area (Å²) in [7, 11) is 0. The summed E-state index contributed by atoms with van der Waals surface area (Å²) in [4.78, 5) is 0. The van der Waals surface area contributed by atoms with Crippen molar-refractivity contribution >= 4 is 27.6 Å². The van der Waals surface area contributed by atoms with E-state index in [1.807, 2.05) is 0 Å². The Kier molecular flexibility index (Phi) is 1.90. The van der Waals surface area contributed by atoms with Gasteiger partial charge in [-0.05, 0) is 38.6 Å². The van der Waals surface area contributed by atoms with Crippen LogP contribution in [-0.4, -0.2) is 0 Å². The van der Waals surface area contributed by atoms with E-state index < -0.39 is 0 Å². The molecule has 0 heterocycles. The van der Waals surface area contributed by atoms with Crippen molar-refractivity contribution in [3.05, 3.63) is 65.7 Å². The van der Waals surface area contributed by atoms with E-state index in [-0.39, 0.29) is 0 Å². The van der Waals surface area contributed by atoms with Gasteiger partial charge in [-0.3, -0.25) is 0 Å². The van der Waals surface area contributed by atoms with E-state index in [1.165, 1.54) is 32.7 Å². The summed E-state index contributed by atoms with van der Waals surface area (Å²) in [5.74, 6) is 0.552. The van der Waals surface area contributed by atoms with E-state index in [4.69, 9.17) is 0 Å². The Hall–Kier alpha value is -2.08. The first-order chi connectivity index (χ1) is 8.84. The standard InChI is InChI=1S/C18H14/c1-12-6-8-16-14(12)10-11-17-15-5-3-2-4-13(15)7-9-18(16)17/h2-12H,1H3. The van der Waals surface area contributed by atoms with E-state index in [9.17, 15) is 0 Å². The van der Waals surface area contributed by atoms with Gasteiger partial charge in [-0.1, -0.05) is 67.6 Å². The number of hydrogen-bond acceptors (Lipinski definition) is 0. The van der Waals surface area contributed by atoms with Gasteiger partial charge < -0.3 is 0 Å². The lowest BCUT2D eigenvalue weighted by molar-refractivity contribution is 0.993. The van der Waals surface area contributed by atoms with Crippen molar-refractivity contribution in [1.29, 1.82) is 0 Å². The Morgan fingerprint density at radius 1 is 0.778 bits per heavy atom. The van der Waals surface area contributed by atoms with Crippen molar-refractivity contribution in [2.75, 3.05) is 0 Å². The lowest BCUT2D eigenvalue weighted by Crippen LogP contribution is -1.88. The minimum atomic E-state index is 0.552. The van der Waals surface area contributed by atoms with E-state index in [2.05, 4.69) is 67.6 Å². The van der Waals surface area contributed by atoms with Crippen LogP contribution in [0.5, 0.6) is 0 Å². The van der Waals surface area contributed by atoms with Gasteiger partial charge in [0, 0.05) is 0 Å². The van der Waals surface area contributed by atoms with Gasteiger partial charge in [-0.2, -0.15) is 0 Å². The number of benzene rings is 3. The summed E-state index contributed by atoms with van der Waals surface area (Å²) in [5.41, 5.74) is 2.86. The Balaban J connectivity index is 2.20. The van der Waals surface area contributed by atoms with Gasteiger partial charge in [0.1, 0.15) is 0 Å². The summed E-state index contributed by atoms with van der Waals surface area (Å²) >= 11 is 0. The highest BCUT2D eigenvalue weighted by Gasteiger charge is 2.15. The topological polar surface area (TPSA) is 0 Å². The summed E-state index contributed by atoms with van der Waals surface area (Å²) in [5, 5.41) is 5.42. The predicted molar refractivity (Wildman–Crippen MR) is 78.9 cm³/mol. The molecule has 18 heavy (non-hydrogen) atoms. The maximum absolute atomic E-state index is 2.29. The van der Waals surface area contributed by atoms with Crippen LogP contribution in [0.4, 0.5) is 0 Å². The smallest absolute Gasteiger partial charge is 0.0000945 e. The zero-order chi connectivity index (χ0) is 12.1. The van der Waals surface area contributed by atoms with Gasteiger partial charge >= 0.3 is 0 Å². The van der Waals surface area contributed by atoms with E-state index in [0.717, 1.165) is 0 Å². The normalized spacial score (nSPS) is 17.5. The molecular weight excluding hydrogens is 216 g/mol. The third kappa shape index (κ3) is 1.20. The van der Waals surface area contributed by atoms with Gasteiger partial charge in [0.25, 0.3) is 0 Å². The lowest BCUT2D eigenvalue weighted by atomic mass is 9.94. The molecule has 0 nitrogen and oxygen atoms in total. The van der Waals surface area contributed by atoms with Gasteiger partial charge in [0.05, 0.1) is 0 Å². The average molecular weight is 230 g/mol. The quantitative estimate of drug-likeness (QED) is 0.470. The molecule has 0 heteroatoms. The number of hydrogen-bond donors (Lipinski definition) is 0. The van der Waals surface area contributed by atoms with Crippen LogP contribution in [0.25, 0.3) is 27.6 Å². The fraction of sp³-hybridized carbons (Fsp3) is 0.111. The second-order valence-corrected chi connectivity index (χ2v) is 5.10. The fourth-order valence-electron chi connectivity index (χ4n) is 3.06. The minimum Gasteiger partial charge on any atom is -0.0766 e. The highest BCUT2D eigenvalue weighted by molar-refractivity contribution is 6.10. The van der Waals surface area contributed by atoms with Crippen LogP contribution in [0.1, 0.15) is 24.0 Å². The molecule has 0 saturated heterocycles. The predicted octanol–water partition coefficient (Wildman–Crippen LogP) is 5.12. The molecule has 3 aromatic rings. The number of allylic oxidation sites excluding steroid dienone is 1. The molecule has 86 valence electrons. The van der Waals surface area contributed by atoms with Gasteiger partial charge in [-0.25, -0.2) is 0 Å². The Morgan fingerprint density at radius 3 is 2.56 bits per heavy atom. The molecule has 0 spiro atoms. The molecule has 0 fully saturated rings. The zero-order valence-corrected chi connectivity index (χ0v) is 10.4. The first-order valence-corrected chi connectivity index (χ1v) is 6.47. The molecule has 0 aromatic heterocycles. The van der Waals surface area contributed by atoms with Crippen LogP contribution in [0.2, 0.25) is 0 Å². The van der Waals surface area contributed by atoms with Crippen molar-refractivity contribution in [1.82, 2.24) is 0 Å². The van der Waals surface area contributed by atoms with Crippen LogP contribution < -0.4 is 0 Å². The maximum Gasteiger partial charge on any atom is -0.0000945 e. The molecule has 0 amide bonds. The van der Waals surface area contributed by atoms with Crippen LogP contribution in [0, 0.1) is 0 Å². The van der Waals surface area contributed by atoms with E-state index in [1.54, 1.807) is 0 Å². The molecule has 1 aliphatic rings. The van der Waals surface area contributed by atoms with Crippen molar-refractivity contribution in [3.63, 3.8) is 0 Å². The number of fused-ring (bicyclic) bond motifs is 5. The zero-order valence-electron chi connectivity index (χ0n) is 10.4. The molecule has 0 bridgehead atoms. The third-order valence-corrected chi connectivity index (χ3v) is 4.04. The Morgan fingerprint density at radius 2 is 1.61 bits per heavy atom. The number of rotatable bonds is 0. The van der Waals surface area contributed by atoms with Crippen LogP contribution in [-0.2, 0) is 0 Å². The molecule has 1 atom stereocenters. The molecule has 4 rings (SSSR count). The summed E-state index contributed by atoms with van der Waals surface area (Å²) in [6.45, 7) is 2.26. The average Bonchev–Trinajstić information content (AvgIpc) is 2.80. The first kappa shape index (κ1) is 9.90. The highest BCUT2D eigenvalue weighted by Crippen LogP contribution is 2.37. The van der Waals surface area contributed by atoms with Crippen LogP contribution >= 0.6 is 0 Å². The Bertz CT molecular complexity index is 794. The molecule has 0 aliphatic heterocycles. The third-order valence-electron chi connectivity index (χ3n) is 4.04. The highest BCUT2D eigenvalue weighted by atomic mass is 14.2. The largest absolute Gasteiger partial charge is 0.0766 e. The molecule has 0 radical (unpaired) electrons. The first-order valence-electron chi connectivity index (χ1n) is 6.47. The van der Waals surface area contributed by atoms with Gasteiger partial charge in [0.15, 0.2) is 0 Å². The van der Waals surface area contributed by atoms with Crippen molar-refractivity contribution in [2.24, 2.45) is 0 Å². The van der Waals surface area contributed by atoms with E-state index in [0.29, 0.717) is 5.92 Å². The van der Waals surface area contributed by atoms with Crippen molar-refractivity contribution in [3.8, 4) is 0 Å². The van der Waals surface area contributed by atoms with Crippen LogP contribution in [0.15, 0.2) is 54.6 Å². The van der Waals surface area contributed by atoms with Gasteiger partial charge in [-0.15, -0.1) is 0 Å². The van der Waals surface area contributed by atoms with Crippen molar-refractivity contribution < 1.29 is 0 Å². The molecular formula is C18H14. The van der Waals surface area contributed by atoms with Crippen LogP contribution in [0.3, 0.4) is 0 Å². The second-order valence-electron chi connectivity index (χ2n) is 5.10. The monoisotopic (exact) mass is 230 g/mol. The van der Waals surface area contributed by atoms with Gasteiger partial charge in [0.2, 0.25) is 0 Å². The summed E-state index contributed by atoms with van der Waals surface area (Å²) < 4.78 is 0. The second kappa shape index (κ2) is 3.46. The molecule has 0 N–H and O–H groups in total. The molecule has 3 aromatic carbocycles. The fourth-order valence-corrected chi connectivity index (χ4v) is 3.06. The molecule has 1 unspecified atom stereocenters. The van der Waals surface area contributed by atoms with Crippen molar-refractivity contribution in [2.45, 2.75) is 12.8 Å². The Labute approximate surface area is 107 Å². The summed E-state index contributed by atoms with van der Waals surface area (Å²) in [6.07, 6.45) is 4.57. The summed E-state index contributed by atoms with van der Waals surface area (Å²) in [6, 6.07) is 17.7. The molecule has 0 saturated carbocycles. The lowest BCUT2D eigenvalue weighted by Gasteiger charge is -2.10. The van der Waals surface area contributed by atoms with E-state index >= 15 is 0 Å². The molecule has 1 aliphatic carbocycles.